The topological polar surface area (TPSA) is 32.9 Å². The van der Waals surface area contributed by atoms with Gasteiger partial charge >= 0.3 is 0 Å². The molecule has 3 heteroatoms. The third kappa shape index (κ3) is 2.10. The van der Waals surface area contributed by atoms with Crippen LogP contribution in [0.25, 0.3) is 11.1 Å². The first kappa shape index (κ1) is 9.99. The molecule has 0 bridgehead atoms. The lowest BCUT2D eigenvalue weighted by Crippen LogP contribution is -2.05. The number of H-pyrrole nitrogens is 1. The standard InChI is InChI=1S/C12H10ClNO/c13-7-10-8-14-12(15)6-11(10)9-4-2-1-3-5-9/h1-6,8H,7H2,(H,14,15). The monoisotopic (exact) mass is 219 g/mol. The average Bonchev–Trinajstić information content (AvgIpc) is 2.30. The number of alkyl halides is 1. The Balaban J connectivity index is 2.61. The van der Waals surface area contributed by atoms with Crippen LogP contribution in [-0.2, 0) is 5.88 Å². The van der Waals surface area contributed by atoms with Gasteiger partial charge in [0.25, 0.3) is 0 Å². The van der Waals surface area contributed by atoms with Gasteiger partial charge in [-0.25, -0.2) is 0 Å². The highest BCUT2D eigenvalue weighted by Crippen LogP contribution is 2.22. The molecule has 2 aromatic rings. The molecule has 0 fully saturated rings. The van der Waals surface area contributed by atoms with Gasteiger partial charge in [-0.1, -0.05) is 30.3 Å². The van der Waals surface area contributed by atoms with Crippen LogP contribution < -0.4 is 5.56 Å². The summed E-state index contributed by atoms with van der Waals surface area (Å²) in [6.45, 7) is 0. The van der Waals surface area contributed by atoms with Crippen molar-refractivity contribution in [2.24, 2.45) is 0 Å². The molecule has 0 saturated heterocycles. The van der Waals surface area contributed by atoms with Crippen LogP contribution >= 0.6 is 11.6 Å². The molecule has 0 aliphatic carbocycles. The number of pyridine rings is 1. The van der Waals surface area contributed by atoms with E-state index >= 15 is 0 Å². The van der Waals surface area contributed by atoms with Crippen molar-refractivity contribution < 1.29 is 0 Å². The molecule has 0 amide bonds. The minimum absolute atomic E-state index is 0.109. The zero-order chi connectivity index (χ0) is 10.7. The number of hydrogen-bond donors (Lipinski definition) is 1. The molecule has 1 aromatic carbocycles. The van der Waals surface area contributed by atoms with E-state index in [1.165, 1.54) is 0 Å². The van der Waals surface area contributed by atoms with E-state index in [-0.39, 0.29) is 5.56 Å². The van der Waals surface area contributed by atoms with Gasteiger partial charge in [0.2, 0.25) is 5.56 Å². The number of aromatic nitrogens is 1. The molecule has 0 atom stereocenters. The first-order chi connectivity index (χ1) is 7.31. The molecule has 0 spiro atoms. The fraction of sp³-hybridized carbons (Fsp3) is 0.0833. The molecule has 2 rings (SSSR count). The van der Waals surface area contributed by atoms with Gasteiger partial charge in [0.15, 0.2) is 0 Å². The molecule has 0 aliphatic rings. The lowest BCUT2D eigenvalue weighted by molar-refractivity contribution is 1.19. The Labute approximate surface area is 92.5 Å². The fourth-order valence-corrected chi connectivity index (χ4v) is 1.72. The average molecular weight is 220 g/mol. The molecule has 1 N–H and O–H groups in total. The molecule has 0 unspecified atom stereocenters. The van der Waals surface area contributed by atoms with Crippen LogP contribution in [0.2, 0.25) is 0 Å². The van der Waals surface area contributed by atoms with Crippen LogP contribution in [-0.4, -0.2) is 4.98 Å². The van der Waals surface area contributed by atoms with Crippen LogP contribution in [0, 0.1) is 0 Å². The minimum atomic E-state index is -0.109. The Bertz CT molecular complexity index is 505. The smallest absolute Gasteiger partial charge is 0.248 e. The second-order valence-electron chi connectivity index (χ2n) is 3.24. The Morgan fingerprint density at radius 1 is 1.20 bits per heavy atom. The third-order valence-corrected chi connectivity index (χ3v) is 2.53. The SMILES string of the molecule is O=c1cc(-c2ccccc2)c(CCl)c[nH]1. The minimum Gasteiger partial charge on any atom is -0.329 e. The molecule has 0 aliphatic heterocycles. The van der Waals surface area contributed by atoms with Crippen molar-refractivity contribution in [1.82, 2.24) is 4.98 Å². The van der Waals surface area contributed by atoms with Crippen LogP contribution in [0.1, 0.15) is 5.56 Å². The number of nitrogens with one attached hydrogen (secondary N) is 1. The molecule has 1 heterocycles. The zero-order valence-corrected chi connectivity index (χ0v) is 8.79. The number of halogens is 1. The largest absolute Gasteiger partial charge is 0.329 e. The summed E-state index contributed by atoms with van der Waals surface area (Å²) < 4.78 is 0. The first-order valence-corrected chi connectivity index (χ1v) is 5.17. The summed E-state index contributed by atoms with van der Waals surface area (Å²) in [4.78, 5) is 13.9. The van der Waals surface area contributed by atoms with Crippen molar-refractivity contribution >= 4 is 11.6 Å². The van der Waals surface area contributed by atoms with Crippen LogP contribution in [0.15, 0.2) is 47.4 Å². The Morgan fingerprint density at radius 2 is 1.93 bits per heavy atom. The van der Waals surface area contributed by atoms with Crippen LogP contribution in [0.3, 0.4) is 0 Å². The summed E-state index contributed by atoms with van der Waals surface area (Å²) in [7, 11) is 0. The summed E-state index contributed by atoms with van der Waals surface area (Å²) in [5, 5.41) is 0. The highest BCUT2D eigenvalue weighted by atomic mass is 35.5. The first-order valence-electron chi connectivity index (χ1n) is 4.64. The van der Waals surface area contributed by atoms with E-state index in [2.05, 4.69) is 4.98 Å². The van der Waals surface area contributed by atoms with Crippen molar-refractivity contribution in [2.75, 3.05) is 0 Å². The molecule has 15 heavy (non-hydrogen) atoms. The van der Waals surface area contributed by atoms with E-state index in [1.54, 1.807) is 12.3 Å². The van der Waals surface area contributed by atoms with Crippen molar-refractivity contribution in [3.05, 3.63) is 58.5 Å². The Kier molecular flexibility index (Phi) is 2.88. The number of aromatic amines is 1. The summed E-state index contributed by atoms with van der Waals surface area (Å²) in [6, 6.07) is 11.3. The van der Waals surface area contributed by atoms with Gasteiger partial charge in [-0.2, -0.15) is 0 Å². The van der Waals surface area contributed by atoms with Crippen LogP contribution in [0.4, 0.5) is 0 Å². The molecular formula is C12H10ClNO. The van der Waals surface area contributed by atoms with Gasteiger partial charge in [-0.3, -0.25) is 4.79 Å². The molecule has 76 valence electrons. The van der Waals surface area contributed by atoms with Crippen molar-refractivity contribution in [1.29, 1.82) is 0 Å². The third-order valence-electron chi connectivity index (χ3n) is 2.24. The number of benzene rings is 1. The second-order valence-corrected chi connectivity index (χ2v) is 3.50. The van der Waals surface area contributed by atoms with Gasteiger partial charge in [0.05, 0.1) is 0 Å². The van der Waals surface area contributed by atoms with Gasteiger partial charge in [-0.05, 0) is 16.7 Å². The summed E-state index contributed by atoms with van der Waals surface area (Å²) in [6.07, 6.45) is 1.66. The molecule has 1 aromatic heterocycles. The maximum absolute atomic E-state index is 11.2. The second kappa shape index (κ2) is 4.32. The van der Waals surface area contributed by atoms with Gasteiger partial charge < -0.3 is 4.98 Å². The fourth-order valence-electron chi connectivity index (χ4n) is 1.50. The highest BCUT2D eigenvalue weighted by Gasteiger charge is 2.04. The van der Waals surface area contributed by atoms with Gasteiger partial charge in [-0.15, -0.1) is 11.6 Å². The summed E-state index contributed by atoms with van der Waals surface area (Å²) >= 11 is 5.81. The maximum atomic E-state index is 11.2. The van der Waals surface area contributed by atoms with E-state index in [1.807, 2.05) is 30.3 Å². The molecule has 2 nitrogen and oxygen atoms in total. The zero-order valence-electron chi connectivity index (χ0n) is 8.03. The van der Waals surface area contributed by atoms with E-state index in [4.69, 9.17) is 11.6 Å². The molecule has 0 radical (unpaired) electrons. The predicted molar refractivity (Wildman–Crippen MR) is 62.1 cm³/mol. The quantitative estimate of drug-likeness (QED) is 0.775. The van der Waals surface area contributed by atoms with Crippen molar-refractivity contribution in [3.8, 4) is 11.1 Å². The Morgan fingerprint density at radius 3 is 2.60 bits per heavy atom. The van der Waals surface area contributed by atoms with E-state index in [0.717, 1.165) is 16.7 Å². The molecule has 0 saturated carbocycles. The summed E-state index contributed by atoms with van der Waals surface area (Å²) in [5.41, 5.74) is 2.73. The van der Waals surface area contributed by atoms with Gasteiger partial charge in [0, 0.05) is 18.1 Å². The Hall–Kier alpha value is -1.54. The van der Waals surface area contributed by atoms with E-state index < -0.39 is 0 Å². The lowest BCUT2D eigenvalue weighted by Gasteiger charge is -2.05. The van der Waals surface area contributed by atoms with E-state index in [0.29, 0.717) is 5.88 Å². The van der Waals surface area contributed by atoms with Gasteiger partial charge in [0.1, 0.15) is 0 Å². The lowest BCUT2D eigenvalue weighted by atomic mass is 10.0. The molecular weight excluding hydrogens is 210 g/mol. The van der Waals surface area contributed by atoms with Crippen molar-refractivity contribution in [3.63, 3.8) is 0 Å². The number of rotatable bonds is 2. The highest BCUT2D eigenvalue weighted by molar-refractivity contribution is 6.17. The van der Waals surface area contributed by atoms with Crippen molar-refractivity contribution in [2.45, 2.75) is 5.88 Å². The number of hydrogen-bond acceptors (Lipinski definition) is 1. The maximum Gasteiger partial charge on any atom is 0.248 e. The van der Waals surface area contributed by atoms with E-state index in [9.17, 15) is 4.79 Å². The van der Waals surface area contributed by atoms with Crippen LogP contribution in [0.5, 0.6) is 0 Å². The summed E-state index contributed by atoms with van der Waals surface area (Å²) in [5.74, 6) is 0.390. The normalized spacial score (nSPS) is 10.2. The predicted octanol–water partition coefficient (Wildman–Crippen LogP) is 2.78.